The third-order valence-corrected chi connectivity index (χ3v) is 7.75. The molecule has 5 heterocycles. The van der Waals surface area contributed by atoms with Crippen molar-refractivity contribution >= 4 is 34.6 Å². The van der Waals surface area contributed by atoms with Crippen LogP contribution in [0.5, 0.6) is 0 Å². The van der Waals surface area contributed by atoms with Crippen LogP contribution < -0.4 is 15.1 Å². The Labute approximate surface area is 210 Å². The summed E-state index contributed by atoms with van der Waals surface area (Å²) in [5.41, 5.74) is 3.19. The molecule has 2 fully saturated rings. The molecular formula is C26H34N8O2. The average molecular weight is 491 g/mol. The largest absolute Gasteiger partial charge is 0.444 e. The predicted molar refractivity (Wildman–Crippen MR) is 138 cm³/mol. The topological polar surface area (TPSA) is 112 Å². The van der Waals surface area contributed by atoms with E-state index in [0.717, 1.165) is 86.7 Å². The summed E-state index contributed by atoms with van der Waals surface area (Å²) >= 11 is 0. The highest BCUT2D eigenvalue weighted by Gasteiger charge is 2.48. The van der Waals surface area contributed by atoms with Crippen LogP contribution in [-0.2, 0) is 11.2 Å². The molecule has 3 aromatic heterocycles. The maximum absolute atomic E-state index is 12.5. The first kappa shape index (κ1) is 23.0. The Kier molecular flexibility index (Phi) is 5.49. The molecule has 1 aliphatic carbocycles. The number of fused-ring (bicyclic) bond motifs is 2. The number of carbonyl (C=O) groups is 1. The number of H-pyrrole nitrogens is 1. The molecule has 1 saturated carbocycles. The Morgan fingerprint density at radius 1 is 1.22 bits per heavy atom. The number of anilines is 3. The maximum atomic E-state index is 12.5. The lowest BCUT2D eigenvalue weighted by atomic mass is 9.81. The third kappa shape index (κ3) is 4.12. The zero-order chi connectivity index (χ0) is 24.9. The molecule has 1 spiro atoms. The fourth-order valence-corrected chi connectivity index (χ4v) is 6.13. The highest BCUT2D eigenvalue weighted by molar-refractivity contribution is 5.87. The average Bonchev–Trinajstić information content (AvgIpc) is 3.57. The number of aromatic nitrogens is 5. The monoisotopic (exact) mass is 490 g/mol. The van der Waals surface area contributed by atoms with Crippen molar-refractivity contribution in [3.05, 3.63) is 30.2 Å². The number of hydrogen-bond acceptors (Lipinski definition) is 8. The first-order valence-corrected chi connectivity index (χ1v) is 13.0. The lowest BCUT2D eigenvalue weighted by Gasteiger charge is -2.32. The van der Waals surface area contributed by atoms with E-state index in [2.05, 4.69) is 36.4 Å². The van der Waals surface area contributed by atoms with Gasteiger partial charge in [0.15, 0.2) is 17.0 Å². The summed E-state index contributed by atoms with van der Waals surface area (Å²) in [4.78, 5) is 31.2. The second kappa shape index (κ2) is 8.60. The molecule has 3 aliphatic rings. The van der Waals surface area contributed by atoms with Gasteiger partial charge < -0.3 is 19.9 Å². The summed E-state index contributed by atoms with van der Waals surface area (Å²) in [7, 11) is 0. The minimum Gasteiger partial charge on any atom is -0.444 e. The Morgan fingerprint density at radius 3 is 2.97 bits per heavy atom. The first-order chi connectivity index (χ1) is 17.3. The zero-order valence-corrected chi connectivity index (χ0v) is 21.3. The van der Waals surface area contributed by atoms with Gasteiger partial charge in [-0.25, -0.2) is 14.8 Å². The van der Waals surface area contributed by atoms with Crippen LogP contribution >= 0.6 is 0 Å². The predicted octanol–water partition coefficient (Wildman–Crippen LogP) is 4.11. The molecule has 6 rings (SSSR count). The normalized spacial score (nSPS) is 23.9. The summed E-state index contributed by atoms with van der Waals surface area (Å²) in [6, 6.07) is 4.17. The van der Waals surface area contributed by atoms with Gasteiger partial charge in [0, 0.05) is 37.3 Å². The van der Waals surface area contributed by atoms with Crippen LogP contribution in [0.1, 0.15) is 58.6 Å². The van der Waals surface area contributed by atoms with Gasteiger partial charge in [0.25, 0.3) is 0 Å². The van der Waals surface area contributed by atoms with E-state index in [1.54, 1.807) is 0 Å². The van der Waals surface area contributed by atoms with Crippen molar-refractivity contribution in [1.82, 2.24) is 30.5 Å². The number of hydrogen-bond donors (Lipinski definition) is 2. The van der Waals surface area contributed by atoms with Crippen LogP contribution in [0, 0.1) is 5.41 Å². The number of pyridine rings is 1. The van der Waals surface area contributed by atoms with E-state index in [4.69, 9.17) is 14.7 Å². The quantitative estimate of drug-likeness (QED) is 0.564. The molecular weight excluding hydrogens is 456 g/mol. The van der Waals surface area contributed by atoms with Crippen molar-refractivity contribution in [3.8, 4) is 0 Å². The van der Waals surface area contributed by atoms with Crippen molar-refractivity contribution in [2.75, 3.05) is 29.4 Å². The van der Waals surface area contributed by atoms with E-state index in [-0.39, 0.29) is 17.6 Å². The molecule has 0 bridgehead atoms. The Morgan fingerprint density at radius 2 is 2.11 bits per heavy atom. The second-order valence-corrected chi connectivity index (χ2v) is 11.3. The first-order valence-electron chi connectivity index (χ1n) is 13.0. The van der Waals surface area contributed by atoms with Crippen LogP contribution in [0.4, 0.5) is 22.1 Å². The van der Waals surface area contributed by atoms with E-state index in [9.17, 15) is 4.79 Å². The molecule has 1 saturated heterocycles. The van der Waals surface area contributed by atoms with E-state index < -0.39 is 5.60 Å². The van der Waals surface area contributed by atoms with Crippen molar-refractivity contribution in [2.45, 2.75) is 70.9 Å². The third-order valence-electron chi connectivity index (χ3n) is 7.75. The van der Waals surface area contributed by atoms with E-state index in [1.165, 1.54) is 0 Å². The smallest absolute Gasteiger partial charge is 0.407 e. The van der Waals surface area contributed by atoms with Crippen molar-refractivity contribution in [3.63, 3.8) is 0 Å². The molecule has 0 unspecified atom stereocenters. The Bertz CT molecular complexity index is 1280. The van der Waals surface area contributed by atoms with Crippen LogP contribution in [-0.4, -0.2) is 62.5 Å². The zero-order valence-electron chi connectivity index (χ0n) is 21.3. The van der Waals surface area contributed by atoms with Gasteiger partial charge >= 0.3 is 6.09 Å². The highest BCUT2D eigenvalue weighted by atomic mass is 16.6. The molecule has 10 nitrogen and oxygen atoms in total. The molecule has 0 radical (unpaired) electrons. The van der Waals surface area contributed by atoms with Gasteiger partial charge in [-0.05, 0) is 65.0 Å². The number of nitrogens with zero attached hydrogens (tertiary/aromatic N) is 6. The Balaban J connectivity index is 1.20. The van der Waals surface area contributed by atoms with Gasteiger partial charge in [-0.15, -0.1) is 0 Å². The summed E-state index contributed by atoms with van der Waals surface area (Å²) < 4.78 is 5.53. The number of aryl methyl sites for hydroxylation is 1. The number of carbonyl (C=O) groups excluding carboxylic acids is 1. The molecule has 2 N–H and O–H groups in total. The molecule has 190 valence electrons. The Hall–Kier alpha value is -3.43. The summed E-state index contributed by atoms with van der Waals surface area (Å²) in [6.45, 7) is 8.29. The van der Waals surface area contributed by atoms with Crippen LogP contribution in [0.15, 0.2) is 24.5 Å². The van der Waals surface area contributed by atoms with Gasteiger partial charge in [0.05, 0.1) is 17.6 Å². The van der Waals surface area contributed by atoms with Gasteiger partial charge in [-0.3, -0.25) is 10.1 Å². The van der Waals surface area contributed by atoms with Crippen molar-refractivity contribution < 1.29 is 9.53 Å². The molecule has 1 amide bonds. The molecule has 2 atom stereocenters. The van der Waals surface area contributed by atoms with Crippen LogP contribution in [0.25, 0.3) is 11.2 Å². The van der Waals surface area contributed by atoms with Crippen LogP contribution in [0.2, 0.25) is 0 Å². The van der Waals surface area contributed by atoms with Gasteiger partial charge in [-0.2, -0.15) is 5.10 Å². The summed E-state index contributed by atoms with van der Waals surface area (Å²) in [5, 5.41) is 10.9. The molecule has 2 aliphatic heterocycles. The molecule has 3 aromatic rings. The standard InChI is InChI=1S/C26H34N8O2/c1-25(2,3)36-24(35)29-19-9-4-10-26(19)11-14-33(16-26)20-15-28-21-22(30-20)31-32-23(21)34-13-6-7-17-18(34)8-5-12-27-17/h5,8,12,15,19H,4,6-7,9-11,13-14,16H2,1-3H3,(H,29,35)(H,30,31,32)/t19-,26+/m1/s1. The van der Waals surface area contributed by atoms with Gasteiger partial charge in [0.1, 0.15) is 11.4 Å². The highest BCUT2D eigenvalue weighted by Crippen LogP contribution is 2.46. The fourth-order valence-electron chi connectivity index (χ4n) is 6.13. The molecule has 10 heteroatoms. The van der Waals surface area contributed by atoms with Crippen LogP contribution in [0.3, 0.4) is 0 Å². The number of nitrogens with one attached hydrogen (secondary N) is 2. The maximum Gasteiger partial charge on any atom is 0.407 e. The second-order valence-electron chi connectivity index (χ2n) is 11.3. The molecule has 0 aromatic carbocycles. The number of rotatable bonds is 3. The fraction of sp³-hybridized carbons (Fsp3) is 0.577. The number of alkyl carbamates (subject to hydrolysis) is 1. The summed E-state index contributed by atoms with van der Waals surface area (Å²) in [5.74, 6) is 1.64. The number of amides is 1. The van der Waals surface area contributed by atoms with E-state index in [0.29, 0.717) is 5.65 Å². The number of aromatic amines is 1. The van der Waals surface area contributed by atoms with Crippen molar-refractivity contribution in [2.24, 2.45) is 5.41 Å². The minimum absolute atomic E-state index is 0.0389. The van der Waals surface area contributed by atoms with Gasteiger partial charge in [0.2, 0.25) is 0 Å². The van der Waals surface area contributed by atoms with Gasteiger partial charge in [-0.1, -0.05) is 6.42 Å². The summed E-state index contributed by atoms with van der Waals surface area (Å²) in [6.07, 6.45) is 9.58. The van der Waals surface area contributed by atoms with Crippen molar-refractivity contribution in [1.29, 1.82) is 0 Å². The lowest BCUT2D eigenvalue weighted by molar-refractivity contribution is 0.0467. The lowest BCUT2D eigenvalue weighted by Crippen LogP contribution is -2.47. The number of ether oxygens (including phenoxy) is 1. The SMILES string of the molecule is CC(C)(C)OC(=O)N[C@@H]1CCC[C@@]12CCN(c1cnc3c(N4CCCc5ncccc54)n[nH]c3n1)C2. The minimum atomic E-state index is -0.502. The van der Waals surface area contributed by atoms with E-state index >= 15 is 0 Å². The van der Waals surface area contributed by atoms with E-state index in [1.807, 2.05) is 39.2 Å². The molecule has 36 heavy (non-hydrogen) atoms.